The summed E-state index contributed by atoms with van der Waals surface area (Å²) in [5.41, 5.74) is 0.960. The lowest BCUT2D eigenvalue weighted by atomic mass is 10.3. The normalized spacial score (nSPS) is 24.7. The topological polar surface area (TPSA) is 32.3 Å². The van der Waals surface area contributed by atoms with E-state index in [0.29, 0.717) is 0 Å². The molecular formula is C8H14N2O. The van der Waals surface area contributed by atoms with Gasteiger partial charge >= 0.3 is 0 Å². The summed E-state index contributed by atoms with van der Waals surface area (Å²) in [7, 11) is 1.83. The number of allylic oxidation sites excluding steroid dienone is 1. The Hall–Kier alpha value is -0.990. The molecule has 1 rings (SSSR count). The van der Waals surface area contributed by atoms with Crippen LogP contribution in [-0.2, 0) is 4.79 Å². The first-order chi connectivity index (χ1) is 5.20. The Kier molecular flexibility index (Phi) is 2.52. The molecule has 1 aliphatic heterocycles. The summed E-state index contributed by atoms with van der Waals surface area (Å²) in [6.07, 6.45) is 2.66. The van der Waals surface area contributed by atoms with Crippen LogP contribution in [0.3, 0.4) is 0 Å². The number of carbonyl (C=O) groups excluding carboxylic acids is 1. The summed E-state index contributed by atoms with van der Waals surface area (Å²) >= 11 is 0. The molecule has 0 saturated carbocycles. The summed E-state index contributed by atoms with van der Waals surface area (Å²) in [5, 5.41) is 3.15. The monoisotopic (exact) mass is 154 g/mol. The average molecular weight is 154 g/mol. The lowest BCUT2D eigenvalue weighted by molar-refractivity contribution is -0.125. The summed E-state index contributed by atoms with van der Waals surface area (Å²) in [4.78, 5) is 12.9. The van der Waals surface area contributed by atoms with Crippen molar-refractivity contribution in [3.05, 3.63) is 11.8 Å². The highest BCUT2D eigenvalue weighted by molar-refractivity contribution is 5.87. The van der Waals surface area contributed by atoms with Gasteiger partial charge in [0.25, 0.3) is 0 Å². The molecule has 0 bridgehead atoms. The van der Waals surface area contributed by atoms with Crippen LogP contribution in [0.5, 0.6) is 0 Å². The number of rotatable bonds is 0. The van der Waals surface area contributed by atoms with Gasteiger partial charge in [-0.1, -0.05) is 0 Å². The first kappa shape index (κ1) is 8.11. The van der Waals surface area contributed by atoms with Crippen molar-refractivity contribution in [2.45, 2.75) is 13.3 Å². The lowest BCUT2D eigenvalue weighted by Crippen LogP contribution is -2.31. The summed E-state index contributed by atoms with van der Waals surface area (Å²) in [6.45, 7) is 3.71. The van der Waals surface area contributed by atoms with Crippen LogP contribution in [0.2, 0.25) is 0 Å². The summed E-state index contributed by atoms with van der Waals surface area (Å²) in [5.74, 6) is 0.0923. The molecule has 0 spiro atoms. The van der Waals surface area contributed by atoms with Gasteiger partial charge in [0.15, 0.2) is 0 Å². The first-order valence-corrected chi connectivity index (χ1v) is 3.87. The molecule has 0 aromatic heterocycles. The van der Waals surface area contributed by atoms with Gasteiger partial charge in [-0.15, -0.1) is 0 Å². The molecule has 0 saturated heterocycles. The number of nitrogens with one attached hydrogen (secondary N) is 1. The molecule has 0 unspecified atom stereocenters. The molecule has 0 fully saturated rings. The van der Waals surface area contributed by atoms with Crippen molar-refractivity contribution < 1.29 is 4.79 Å². The van der Waals surface area contributed by atoms with Crippen molar-refractivity contribution in [2.75, 3.05) is 20.1 Å². The van der Waals surface area contributed by atoms with Crippen LogP contribution in [0.1, 0.15) is 13.3 Å². The predicted octanol–water partition coefficient (Wildman–Crippen LogP) is 0.342. The van der Waals surface area contributed by atoms with Crippen molar-refractivity contribution >= 4 is 5.91 Å². The van der Waals surface area contributed by atoms with Gasteiger partial charge in [-0.3, -0.25) is 4.79 Å². The standard InChI is InChI=1S/C8H14N2O/c1-7-6-8(11)10(2)5-3-4-9-7/h6,9H,3-5H2,1-2H3/b7-6-. The molecule has 0 aliphatic carbocycles. The molecule has 0 aromatic carbocycles. The zero-order valence-electron chi connectivity index (χ0n) is 7.05. The van der Waals surface area contributed by atoms with E-state index in [2.05, 4.69) is 5.32 Å². The highest BCUT2D eigenvalue weighted by Crippen LogP contribution is 1.97. The van der Waals surface area contributed by atoms with E-state index in [9.17, 15) is 4.79 Å². The van der Waals surface area contributed by atoms with Crippen LogP contribution < -0.4 is 5.32 Å². The minimum absolute atomic E-state index is 0.0923. The second kappa shape index (κ2) is 3.42. The van der Waals surface area contributed by atoms with Crippen LogP contribution in [0, 0.1) is 0 Å². The quantitative estimate of drug-likeness (QED) is 0.545. The fourth-order valence-electron chi connectivity index (χ4n) is 1.06. The van der Waals surface area contributed by atoms with E-state index in [-0.39, 0.29) is 5.91 Å². The Balaban J connectivity index is 2.66. The third-order valence-corrected chi connectivity index (χ3v) is 1.79. The number of hydrogen-bond acceptors (Lipinski definition) is 2. The van der Waals surface area contributed by atoms with Gasteiger partial charge < -0.3 is 10.2 Å². The minimum Gasteiger partial charge on any atom is -0.388 e. The van der Waals surface area contributed by atoms with Crippen LogP contribution in [0.25, 0.3) is 0 Å². The fraction of sp³-hybridized carbons (Fsp3) is 0.625. The molecule has 1 heterocycles. The van der Waals surface area contributed by atoms with E-state index in [1.54, 1.807) is 11.0 Å². The Morgan fingerprint density at radius 2 is 2.36 bits per heavy atom. The molecule has 1 aliphatic rings. The molecule has 1 N–H and O–H groups in total. The number of carbonyl (C=O) groups is 1. The summed E-state index contributed by atoms with van der Waals surface area (Å²) in [6, 6.07) is 0. The first-order valence-electron chi connectivity index (χ1n) is 3.87. The summed E-state index contributed by atoms with van der Waals surface area (Å²) < 4.78 is 0. The van der Waals surface area contributed by atoms with Gasteiger partial charge in [0.1, 0.15) is 0 Å². The third-order valence-electron chi connectivity index (χ3n) is 1.79. The molecule has 3 heteroatoms. The zero-order chi connectivity index (χ0) is 8.27. The molecule has 0 atom stereocenters. The number of hydrogen-bond donors (Lipinski definition) is 1. The highest BCUT2D eigenvalue weighted by atomic mass is 16.2. The molecule has 1 amide bonds. The van der Waals surface area contributed by atoms with Gasteiger partial charge in [0, 0.05) is 31.9 Å². The highest BCUT2D eigenvalue weighted by Gasteiger charge is 2.07. The van der Waals surface area contributed by atoms with Crippen LogP contribution in [0.4, 0.5) is 0 Å². The second-order valence-corrected chi connectivity index (χ2v) is 2.87. The number of likely N-dealkylation sites (N-methyl/N-ethyl adjacent to an activating group) is 1. The van der Waals surface area contributed by atoms with Crippen LogP contribution in [0.15, 0.2) is 11.8 Å². The van der Waals surface area contributed by atoms with Gasteiger partial charge in [0.2, 0.25) is 5.91 Å². The SMILES string of the molecule is C/C1=C/C(=O)N(C)CCCN1. The van der Waals surface area contributed by atoms with E-state index in [0.717, 1.165) is 25.2 Å². The molecule has 0 radical (unpaired) electrons. The van der Waals surface area contributed by atoms with E-state index in [1.165, 1.54) is 0 Å². The molecule has 0 aromatic rings. The van der Waals surface area contributed by atoms with Crippen molar-refractivity contribution in [1.82, 2.24) is 10.2 Å². The van der Waals surface area contributed by atoms with E-state index < -0.39 is 0 Å². The van der Waals surface area contributed by atoms with Crippen molar-refractivity contribution in [3.63, 3.8) is 0 Å². The van der Waals surface area contributed by atoms with Gasteiger partial charge in [-0.25, -0.2) is 0 Å². The Bertz CT molecular complexity index is 187. The maximum atomic E-state index is 11.2. The number of amides is 1. The number of nitrogens with zero attached hydrogens (tertiary/aromatic N) is 1. The van der Waals surface area contributed by atoms with E-state index in [4.69, 9.17) is 0 Å². The van der Waals surface area contributed by atoms with Crippen molar-refractivity contribution in [2.24, 2.45) is 0 Å². The fourth-order valence-corrected chi connectivity index (χ4v) is 1.06. The van der Waals surface area contributed by atoms with Gasteiger partial charge in [-0.2, -0.15) is 0 Å². The van der Waals surface area contributed by atoms with Crippen LogP contribution in [-0.4, -0.2) is 30.9 Å². The molecule has 11 heavy (non-hydrogen) atoms. The van der Waals surface area contributed by atoms with Crippen molar-refractivity contribution in [1.29, 1.82) is 0 Å². The van der Waals surface area contributed by atoms with Gasteiger partial charge in [-0.05, 0) is 13.3 Å². The van der Waals surface area contributed by atoms with E-state index >= 15 is 0 Å². The van der Waals surface area contributed by atoms with Crippen LogP contribution >= 0.6 is 0 Å². The molecule has 3 nitrogen and oxygen atoms in total. The van der Waals surface area contributed by atoms with Gasteiger partial charge in [0.05, 0.1) is 0 Å². The van der Waals surface area contributed by atoms with E-state index in [1.807, 2.05) is 14.0 Å². The minimum atomic E-state index is 0.0923. The Morgan fingerprint density at radius 1 is 1.64 bits per heavy atom. The maximum absolute atomic E-state index is 11.2. The van der Waals surface area contributed by atoms with Crippen molar-refractivity contribution in [3.8, 4) is 0 Å². The largest absolute Gasteiger partial charge is 0.388 e. The second-order valence-electron chi connectivity index (χ2n) is 2.87. The molecular weight excluding hydrogens is 140 g/mol. The predicted molar refractivity (Wildman–Crippen MR) is 44.0 cm³/mol. The zero-order valence-corrected chi connectivity index (χ0v) is 7.05. The Labute approximate surface area is 67.1 Å². The molecule has 62 valence electrons. The maximum Gasteiger partial charge on any atom is 0.248 e. The lowest BCUT2D eigenvalue weighted by Gasteiger charge is -2.19. The Morgan fingerprint density at radius 3 is 3.09 bits per heavy atom. The third kappa shape index (κ3) is 2.26. The average Bonchev–Trinajstić information content (AvgIpc) is 1.95. The smallest absolute Gasteiger partial charge is 0.248 e.